The predicted octanol–water partition coefficient (Wildman–Crippen LogP) is 0.407. The van der Waals surface area contributed by atoms with Crippen molar-refractivity contribution in [2.75, 3.05) is 12.8 Å². The molecule has 0 amide bonds. The third-order valence-corrected chi connectivity index (χ3v) is 0.558. The van der Waals surface area contributed by atoms with Gasteiger partial charge in [-0.1, -0.05) is 0 Å². The van der Waals surface area contributed by atoms with E-state index < -0.39 is 0 Å². The van der Waals surface area contributed by atoms with E-state index in [1.165, 1.54) is 12.0 Å². The summed E-state index contributed by atoms with van der Waals surface area (Å²) in [7, 11) is 6.57. The first-order valence-electron chi connectivity index (χ1n) is 1.27. The number of hydrogen-bond acceptors (Lipinski definition) is 2. The van der Waals surface area contributed by atoms with Crippen LogP contribution in [-0.2, 0) is 4.18 Å². The second kappa shape index (κ2) is 4.37. The highest BCUT2D eigenvalue weighted by Crippen LogP contribution is 1.91. The van der Waals surface area contributed by atoms with E-state index >= 15 is 0 Å². The Morgan fingerprint density at radius 2 is 2.60 bits per heavy atom. The van der Waals surface area contributed by atoms with Gasteiger partial charge in [-0.15, -0.1) is 0 Å². The van der Waals surface area contributed by atoms with Crippen LogP contribution in [0.25, 0.3) is 0 Å². The van der Waals surface area contributed by atoms with Crippen LogP contribution in [0.1, 0.15) is 0 Å². The molecule has 0 saturated heterocycles. The molecule has 0 aromatic heterocycles. The predicted molar refractivity (Wildman–Crippen MR) is 25.2 cm³/mol. The topological polar surface area (TPSA) is 9.23 Å². The van der Waals surface area contributed by atoms with Gasteiger partial charge >= 0.3 is 0 Å². The fraction of sp³-hybridized carbons (Fsp3) is 1.00. The fourth-order valence-electron chi connectivity index (χ4n) is 0.0680. The summed E-state index contributed by atoms with van der Waals surface area (Å²) in [5.74, 6) is 0. The molecular weight excluding hydrogens is 82.9 g/mol. The summed E-state index contributed by atoms with van der Waals surface area (Å²) >= 11 is 1.24. The first-order chi connectivity index (χ1) is 2.41. The zero-order chi connectivity index (χ0) is 4.12. The number of hydrogen-bond donors (Lipinski definition) is 0. The van der Waals surface area contributed by atoms with Gasteiger partial charge in [0.15, 0.2) is 0 Å². The molecule has 5 heavy (non-hydrogen) atoms. The lowest BCUT2D eigenvalue weighted by atomic mass is 10.2. The SMILES string of the molecule is [B]CSOC. The van der Waals surface area contributed by atoms with E-state index in [1.807, 2.05) is 0 Å². The van der Waals surface area contributed by atoms with E-state index in [1.54, 1.807) is 7.11 Å². The van der Waals surface area contributed by atoms with Crippen LogP contribution in [0.5, 0.6) is 0 Å². The van der Waals surface area contributed by atoms with Crippen molar-refractivity contribution in [3.63, 3.8) is 0 Å². The molecule has 1 nitrogen and oxygen atoms in total. The zero-order valence-corrected chi connectivity index (χ0v) is 3.92. The minimum absolute atomic E-state index is 0.538. The summed E-state index contributed by atoms with van der Waals surface area (Å²) in [5.41, 5.74) is 0.538. The maximum atomic E-state index is 4.98. The molecule has 2 radical (unpaired) electrons. The van der Waals surface area contributed by atoms with Crippen molar-refractivity contribution in [3.8, 4) is 0 Å². The van der Waals surface area contributed by atoms with E-state index in [2.05, 4.69) is 4.18 Å². The monoisotopic (exact) mass is 88.0 g/mol. The summed E-state index contributed by atoms with van der Waals surface area (Å²) in [5, 5.41) is 0. The molecular formula is C2H5BOS. The highest BCUT2D eigenvalue weighted by atomic mass is 32.2. The molecule has 0 aliphatic heterocycles. The van der Waals surface area contributed by atoms with Crippen LogP contribution >= 0.6 is 12.0 Å². The molecule has 0 heterocycles. The number of rotatable bonds is 2. The Kier molecular flexibility index (Phi) is 4.70. The molecule has 0 aromatic carbocycles. The lowest BCUT2D eigenvalue weighted by molar-refractivity contribution is 0.492. The Hall–Kier alpha value is 0.375. The van der Waals surface area contributed by atoms with E-state index in [-0.39, 0.29) is 0 Å². The van der Waals surface area contributed by atoms with Crippen molar-refractivity contribution in [2.24, 2.45) is 0 Å². The van der Waals surface area contributed by atoms with E-state index in [0.717, 1.165) is 0 Å². The van der Waals surface area contributed by atoms with Crippen molar-refractivity contribution in [2.45, 2.75) is 0 Å². The quantitative estimate of drug-likeness (QED) is 0.357. The lowest BCUT2D eigenvalue weighted by Gasteiger charge is -1.82. The lowest BCUT2D eigenvalue weighted by Crippen LogP contribution is -1.71. The Balaban J connectivity index is 2.19. The molecule has 0 N–H and O–H groups in total. The Labute approximate surface area is 37.7 Å². The van der Waals surface area contributed by atoms with Gasteiger partial charge in [0.1, 0.15) is 0 Å². The molecule has 0 aromatic rings. The van der Waals surface area contributed by atoms with Gasteiger partial charge in [0.2, 0.25) is 0 Å². The summed E-state index contributed by atoms with van der Waals surface area (Å²) in [4.78, 5) is 0. The molecule has 0 saturated carbocycles. The maximum Gasteiger partial charge on any atom is 0.0830 e. The molecule has 0 aliphatic carbocycles. The second-order valence-corrected chi connectivity index (χ2v) is 1.35. The van der Waals surface area contributed by atoms with Gasteiger partial charge in [-0.2, -0.15) is 0 Å². The standard InChI is InChI=1S/C2H5BOS/c1-4-5-2-3/h2H2,1H3. The third kappa shape index (κ3) is 4.37. The van der Waals surface area contributed by atoms with Gasteiger partial charge in [-0.05, 0) is 17.7 Å². The van der Waals surface area contributed by atoms with Gasteiger partial charge < -0.3 is 4.18 Å². The van der Waals surface area contributed by atoms with Gasteiger partial charge in [0.25, 0.3) is 0 Å². The van der Waals surface area contributed by atoms with Crippen molar-refractivity contribution in [3.05, 3.63) is 0 Å². The largest absolute Gasteiger partial charge is 0.319 e. The third-order valence-electron chi connectivity index (χ3n) is 0.186. The van der Waals surface area contributed by atoms with Crippen LogP contribution in [0.3, 0.4) is 0 Å². The first kappa shape index (κ1) is 5.37. The minimum Gasteiger partial charge on any atom is -0.319 e. The van der Waals surface area contributed by atoms with Crippen molar-refractivity contribution in [1.29, 1.82) is 0 Å². The molecule has 28 valence electrons. The van der Waals surface area contributed by atoms with Crippen molar-refractivity contribution >= 4 is 19.9 Å². The van der Waals surface area contributed by atoms with Crippen LogP contribution in [-0.4, -0.2) is 20.6 Å². The highest BCUT2D eigenvalue weighted by Gasteiger charge is 1.67. The molecule has 0 bridgehead atoms. The van der Waals surface area contributed by atoms with Crippen LogP contribution in [0.15, 0.2) is 0 Å². The van der Waals surface area contributed by atoms with E-state index in [0.29, 0.717) is 5.65 Å². The second-order valence-electron chi connectivity index (χ2n) is 0.451. The molecule has 0 atom stereocenters. The zero-order valence-electron chi connectivity index (χ0n) is 3.10. The summed E-state index contributed by atoms with van der Waals surface area (Å²) < 4.78 is 4.48. The van der Waals surface area contributed by atoms with Gasteiger partial charge in [-0.3, -0.25) is 0 Å². The van der Waals surface area contributed by atoms with Crippen LogP contribution in [0.2, 0.25) is 0 Å². The Bertz CT molecular complexity index is 17.1. The van der Waals surface area contributed by atoms with Crippen LogP contribution in [0, 0.1) is 0 Å². The first-order valence-corrected chi connectivity index (χ1v) is 2.18. The average Bonchev–Trinajstić information content (AvgIpc) is 1.41. The van der Waals surface area contributed by atoms with Crippen molar-refractivity contribution in [1.82, 2.24) is 0 Å². The van der Waals surface area contributed by atoms with Crippen molar-refractivity contribution < 1.29 is 4.18 Å². The average molecular weight is 87.9 g/mol. The molecule has 0 fully saturated rings. The minimum atomic E-state index is 0.538. The highest BCUT2D eigenvalue weighted by molar-refractivity contribution is 7.95. The molecule has 0 rings (SSSR count). The van der Waals surface area contributed by atoms with E-state index in [9.17, 15) is 0 Å². The summed E-state index contributed by atoms with van der Waals surface area (Å²) in [6, 6.07) is 0. The smallest absolute Gasteiger partial charge is 0.0830 e. The molecule has 0 spiro atoms. The normalized spacial score (nSPS) is 8.20. The van der Waals surface area contributed by atoms with Crippen LogP contribution in [0.4, 0.5) is 0 Å². The maximum absolute atomic E-state index is 4.98. The molecule has 0 aliphatic rings. The van der Waals surface area contributed by atoms with E-state index in [4.69, 9.17) is 7.85 Å². The fourth-order valence-corrected chi connectivity index (χ4v) is 0.204. The van der Waals surface area contributed by atoms with Gasteiger partial charge in [0, 0.05) is 0 Å². The Morgan fingerprint density at radius 1 is 2.00 bits per heavy atom. The molecule has 0 unspecified atom stereocenters. The Morgan fingerprint density at radius 3 is 2.60 bits per heavy atom. The molecule has 3 heteroatoms. The van der Waals surface area contributed by atoms with Crippen LogP contribution < -0.4 is 0 Å². The van der Waals surface area contributed by atoms with Gasteiger partial charge in [0.05, 0.1) is 15.0 Å². The van der Waals surface area contributed by atoms with Gasteiger partial charge in [-0.25, -0.2) is 0 Å². The summed E-state index contributed by atoms with van der Waals surface area (Å²) in [6.45, 7) is 0. The summed E-state index contributed by atoms with van der Waals surface area (Å²) in [6.07, 6.45) is 0.